The molecule has 1 saturated carbocycles. The van der Waals surface area contributed by atoms with Crippen LogP contribution in [0.3, 0.4) is 0 Å². The van der Waals surface area contributed by atoms with E-state index in [-0.39, 0.29) is 0 Å². The van der Waals surface area contributed by atoms with Crippen molar-refractivity contribution in [2.45, 2.75) is 58.3 Å². The van der Waals surface area contributed by atoms with Gasteiger partial charge in [-0.05, 0) is 51.1 Å². The molecule has 0 spiro atoms. The molecule has 2 heteroatoms. The molecule has 0 radical (unpaired) electrons. The lowest BCUT2D eigenvalue weighted by Gasteiger charge is -2.24. The summed E-state index contributed by atoms with van der Waals surface area (Å²) in [4.78, 5) is 0. The van der Waals surface area contributed by atoms with Crippen molar-refractivity contribution in [3.05, 3.63) is 0 Å². The predicted molar refractivity (Wildman–Crippen MR) is 69.8 cm³/mol. The number of rotatable bonds is 11. The molecule has 2 nitrogen and oxygen atoms in total. The number of unbranched alkanes of at least 4 members (excludes halogenated alkanes) is 2. The highest BCUT2D eigenvalue weighted by Gasteiger charge is 2.16. The van der Waals surface area contributed by atoms with Crippen LogP contribution < -0.4 is 5.32 Å². The van der Waals surface area contributed by atoms with E-state index in [9.17, 15) is 0 Å². The summed E-state index contributed by atoms with van der Waals surface area (Å²) in [5.74, 6) is 0.998. The average Bonchev–Trinajstić information content (AvgIpc) is 2.23. The second-order valence-electron chi connectivity index (χ2n) is 5.01. The Bertz CT molecular complexity index is 146. The van der Waals surface area contributed by atoms with Gasteiger partial charge in [0.1, 0.15) is 0 Å². The summed E-state index contributed by atoms with van der Waals surface area (Å²) in [6.45, 7) is 6.52. The fraction of sp³-hybridized carbons (Fsp3) is 1.00. The van der Waals surface area contributed by atoms with Gasteiger partial charge in [-0.1, -0.05) is 26.2 Å². The lowest BCUT2D eigenvalue weighted by atomic mass is 9.83. The SMILES string of the molecule is CCCNCCCCCOCCC1CCC1. The van der Waals surface area contributed by atoms with Gasteiger partial charge >= 0.3 is 0 Å². The van der Waals surface area contributed by atoms with Crippen LogP contribution in [0.15, 0.2) is 0 Å². The third-order valence-electron chi connectivity index (χ3n) is 3.46. The molecule has 0 aromatic rings. The molecular weight excluding hydrogens is 198 g/mol. The number of hydrogen-bond donors (Lipinski definition) is 1. The van der Waals surface area contributed by atoms with E-state index in [4.69, 9.17) is 4.74 Å². The smallest absolute Gasteiger partial charge is 0.0468 e. The summed E-state index contributed by atoms with van der Waals surface area (Å²) in [7, 11) is 0. The highest BCUT2D eigenvalue weighted by atomic mass is 16.5. The van der Waals surface area contributed by atoms with E-state index in [1.165, 1.54) is 57.9 Å². The third kappa shape index (κ3) is 7.24. The molecule has 0 aliphatic heterocycles. The maximum absolute atomic E-state index is 5.65. The quantitative estimate of drug-likeness (QED) is 0.546. The predicted octanol–water partition coefficient (Wildman–Crippen LogP) is 3.36. The summed E-state index contributed by atoms with van der Waals surface area (Å²) < 4.78 is 5.65. The molecule has 0 aromatic heterocycles. The topological polar surface area (TPSA) is 21.3 Å². The number of hydrogen-bond acceptors (Lipinski definition) is 2. The van der Waals surface area contributed by atoms with Crippen LogP contribution in [0.2, 0.25) is 0 Å². The van der Waals surface area contributed by atoms with Crippen LogP contribution in [-0.2, 0) is 4.74 Å². The Hall–Kier alpha value is -0.0800. The van der Waals surface area contributed by atoms with E-state index in [0.717, 1.165) is 25.7 Å². The molecule has 16 heavy (non-hydrogen) atoms. The van der Waals surface area contributed by atoms with Crippen molar-refractivity contribution in [1.29, 1.82) is 0 Å². The molecule has 1 aliphatic rings. The molecule has 0 heterocycles. The van der Waals surface area contributed by atoms with Gasteiger partial charge in [-0.15, -0.1) is 0 Å². The largest absolute Gasteiger partial charge is 0.381 e. The van der Waals surface area contributed by atoms with Gasteiger partial charge < -0.3 is 10.1 Å². The van der Waals surface area contributed by atoms with Gasteiger partial charge in [0.25, 0.3) is 0 Å². The summed E-state index contributed by atoms with van der Waals surface area (Å²) in [6, 6.07) is 0. The molecule has 0 bridgehead atoms. The lowest BCUT2D eigenvalue weighted by Crippen LogP contribution is -2.16. The first-order valence-corrected chi connectivity index (χ1v) is 7.22. The van der Waals surface area contributed by atoms with E-state index < -0.39 is 0 Å². The first-order valence-electron chi connectivity index (χ1n) is 7.22. The second-order valence-corrected chi connectivity index (χ2v) is 5.01. The van der Waals surface area contributed by atoms with Gasteiger partial charge in [0.05, 0.1) is 0 Å². The van der Waals surface area contributed by atoms with E-state index in [2.05, 4.69) is 12.2 Å². The molecule has 1 rings (SSSR count). The highest BCUT2D eigenvalue weighted by molar-refractivity contribution is 4.68. The number of nitrogens with one attached hydrogen (secondary N) is 1. The van der Waals surface area contributed by atoms with Gasteiger partial charge in [-0.3, -0.25) is 0 Å². The lowest BCUT2D eigenvalue weighted by molar-refractivity contribution is 0.103. The zero-order chi connectivity index (χ0) is 11.5. The zero-order valence-corrected chi connectivity index (χ0v) is 11.0. The van der Waals surface area contributed by atoms with Crippen molar-refractivity contribution in [3.63, 3.8) is 0 Å². The van der Waals surface area contributed by atoms with Crippen LogP contribution in [0.1, 0.15) is 58.3 Å². The Balaban J connectivity index is 1.65. The molecule has 0 aromatic carbocycles. The van der Waals surface area contributed by atoms with Gasteiger partial charge in [-0.25, -0.2) is 0 Å². The minimum absolute atomic E-state index is 0.973. The van der Waals surface area contributed by atoms with E-state index in [1.54, 1.807) is 0 Å². The molecule has 0 saturated heterocycles. The van der Waals surface area contributed by atoms with Gasteiger partial charge in [0.2, 0.25) is 0 Å². The Morgan fingerprint density at radius 3 is 2.62 bits per heavy atom. The molecule has 1 fully saturated rings. The molecule has 96 valence electrons. The van der Waals surface area contributed by atoms with E-state index in [0.29, 0.717) is 0 Å². The molecule has 1 N–H and O–H groups in total. The van der Waals surface area contributed by atoms with E-state index in [1.807, 2.05) is 0 Å². The zero-order valence-electron chi connectivity index (χ0n) is 11.0. The minimum atomic E-state index is 0.973. The van der Waals surface area contributed by atoms with E-state index >= 15 is 0 Å². The normalized spacial score (nSPS) is 16.3. The molecule has 1 aliphatic carbocycles. The summed E-state index contributed by atoms with van der Waals surface area (Å²) in [5, 5.41) is 3.43. The standard InChI is InChI=1S/C14H29NO/c1-2-10-15-11-4-3-5-12-16-13-9-14-7-6-8-14/h14-15H,2-13H2,1H3. The first kappa shape index (κ1) is 14.0. The van der Waals surface area contributed by atoms with Crippen molar-refractivity contribution in [2.75, 3.05) is 26.3 Å². The van der Waals surface area contributed by atoms with Crippen LogP contribution >= 0.6 is 0 Å². The van der Waals surface area contributed by atoms with Gasteiger partial charge in [0.15, 0.2) is 0 Å². The molecule has 0 amide bonds. The van der Waals surface area contributed by atoms with Crippen LogP contribution in [0.5, 0.6) is 0 Å². The van der Waals surface area contributed by atoms with Crippen molar-refractivity contribution >= 4 is 0 Å². The minimum Gasteiger partial charge on any atom is -0.381 e. The highest BCUT2D eigenvalue weighted by Crippen LogP contribution is 2.29. The van der Waals surface area contributed by atoms with Crippen LogP contribution in [0, 0.1) is 5.92 Å². The summed E-state index contributed by atoms with van der Waals surface area (Å²) in [6.07, 6.45) is 10.7. The third-order valence-corrected chi connectivity index (χ3v) is 3.46. The first-order chi connectivity index (χ1) is 7.93. The second kappa shape index (κ2) is 10.1. The summed E-state index contributed by atoms with van der Waals surface area (Å²) in [5.41, 5.74) is 0. The van der Waals surface area contributed by atoms with Gasteiger partial charge in [0, 0.05) is 13.2 Å². The molecule has 0 atom stereocenters. The fourth-order valence-electron chi connectivity index (χ4n) is 2.07. The van der Waals surface area contributed by atoms with Crippen molar-refractivity contribution in [2.24, 2.45) is 5.92 Å². The molecule has 0 unspecified atom stereocenters. The van der Waals surface area contributed by atoms with Crippen molar-refractivity contribution in [1.82, 2.24) is 5.32 Å². The Morgan fingerprint density at radius 1 is 1.06 bits per heavy atom. The maximum Gasteiger partial charge on any atom is 0.0468 e. The number of ether oxygens (including phenoxy) is 1. The fourth-order valence-corrected chi connectivity index (χ4v) is 2.07. The summed E-state index contributed by atoms with van der Waals surface area (Å²) >= 11 is 0. The average molecular weight is 227 g/mol. The van der Waals surface area contributed by atoms with Crippen LogP contribution in [0.25, 0.3) is 0 Å². The van der Waals surface area contributed by atoms with Crippen LogP contribution in [-0.4, -0.2) is 26.3 Å². The Morgan fingerprint density at radius 2 is 1.94 bits per heavy atom. The Kier molecular flexibility index (Phi) is 8.83. The van der Waals surface area contributed by atoms with Crippen molar-refractivity contribution < 1.29 is 4.74 Å². The molecular formula is C14H29NO. The maximum atomic E-state index is 5.65. The van der Waals surface area contributed by atoms with Gasteiger partial charge in [-0.2, -0.15) is 0 Å². The van der Waals surface area contributed by atoms with Crippen molar-refractivity contribution in [3.8, 4) is 0 Å². The van der Waals surface area contributed by atoms with Crippen LogP contribution in [0.4, 0.5) is 0 Å². The monoisotopic (exact) mass is 227 g/mol. The Labute approximate surface area is 101 Å².